The summed E-state index contributed by atoms with van der Waals surface area (Å²) < 4.78 is 29.4. The van der Waals surface area contributed by atoms with Crippen LogP contribution in [0.4, 0.5) is 0 Å². The highest BCUT2D eigenvalue weighted by Crippen LogP contribution is 2.25. The second kappa shape index (κ2) is 7.91. The smallest absolute Gasteiger partial charge is 0.224 e. The molecule has 3 rings (SSSR count). The summed E-state index contributed by atoms with van der Waals surface area (Å²) in [5, 5.41) is 2.90. The van der Waals surface area contributed by atoms with Crippen LogP contribution in [0, 0.1) is 0 Å². The number of hydrogen-bond donors (Lipinski definition) is 1. The van der Waals surface area contributed by atoms with Crippen molar-refractivity contribution in [2.45, 2.75) is 31.1 Å². The minimum atomic E-state index is -3.26. The number of ether oxygens (including phenoxy) is 1. The van der Waals surface area contributed by atoms with E-state index in [1.54, 1.807) is 31.2 Å². The molecule has 0 aliphatic carbocycles. The Morgan fingerprint density at radius 2 is 2.00 bits per heavy atom. The van der Waals surface area contributed by atoms with Gasteiger partial charge in [-0.25, -0.2) is 8.42 Å². The Morgan fingerprint density at radius 1 is 1.15 bits per heavy atom. The van der Waals surface area contributed by atoms with Gasteiger partial charge in [0.05, 0.1) is 23.7 Å². The summed E-state index contributed by atoms with van der Waals surface area (Å²) in [5.74, 6) is 0.898. The summed E-state index contributed by atoms with van der Waals surface area (Å²) in [6.07, 6.45) is 1.86. The van der Waals surface area contributed by atoms with Crippen molar-refractivity contribution >= 4 is 15.7 Å². The fourth-order valence-electron chi connectivity index (χ4n) is 3.01. The molecule has 1 amide bonds. The van der Waals surface area contributed by atoms with E-state index in [1.165, 1.54) is 11.1 Å². The molecule has 2 aromatic rings. The summed E-state index contributed by atoms with van der Waals surface area (Å²) in [6.45, 7) is 2.90. The number of benzene rings is 2. The third kappa shape index (κ3) is 4.43. The molecular weight excluding hydrogens is 350 g/mol. The average molecular weight is 373 g/mol. The zero-order valence-corrected chi connectivity index (χ0v) is 15.6. The first-order valence-electron chi connectivity index (χ1n) is 8.81. The van der Waals surface area contributed by atoms with E-state index in [-0.39, 0.29) is 23.0 Å². The van der Waals surface area contributed by atoms with Gasteiger partial charge in [-0.1, -0.05) is 31.2 Å². The Hall–Kier alpha value is -2.34. The van der Waals surface area contributed by atoms with E-state index in [9.17, 15) is 13.2 Å². The van der Waals surface area contributed by atoms with Crippen molar-refractivity contribution in [3.63, 3.8) is 0 Å². The molecule has 1 aliphatic heterocycles. The summed E-state index contributed by atoms with van der Waals surface area (Å²) >= 11 is 0. The van der Waals surface area contributed by atoms with Crippen LogP contribution in [-0.2, 0) is 33.9 Å². The molecule has 0 aromatic heterocycles. The number of fused-ring (bicyclic) bond motifs is 1. The van der Waals surface area contributed by atoms with Crippen molar-refractivity contribution in [1.82, 2.24) is 5.32 Å². The van der Waals surface area contributed by atoms with Crippen LogP contribution in [-0.4, -0.2) is 33.2 Å². The molecule has 5 nitrogen and oxygen atoms in total. The Labute approximate surface area is 154 Å². The van der Waals surface area contributed by atoms with E-state index in [4.69, 9.17) is 4.74 Å². The number of sulfone groups is 1. The van der Waals surface area contributed by atoms with Crippen molar-refractivity contribution in [2.24, 2.45) is 0 Å². The molecule has 0 saturated carbocycles. The van der Waals surface area contributed by atoms with Crippen molar-refractivity contribution in [3.05, 3.63) is 59.2 Å². The third-order valence-corrected chi connectivity index (χ3v) is 6.22. The number of nitrogens with one attached hydrogen (secondary N) is 1. The van der Waals surface area contributed by atoms with E-state index in [0.29, 0.717) is 12.1 Å². The molecule has 0 atom stereocenters. The summed E-state index contributed by atoms with van der Waals surface area (Å²) in [5.41, 5.74) is 3.10. The van der Waals surface area contributed by atoms with E-state index in [2.05, 4.69) is 11.4 Å². The second-order valence-electron chi connectivity index (χ2n) is 6.37. The first-order chi connectivity index (χ1) is 12.5. The Morgan fingerprint density at radius 3 is 2.81 bits per heavy atom. The van der Waals surface area contributed by atoms with Gasteiger partial charge >= 0.3 is 0 Å². The minimum absolute atomic E-state index is 0.0501. The molecule has 1 aliphatic rings. The molecule has 1 heterocycles. The van der Waals surface area contributed by atoms with E-state index < -0.39 is 9.84 Å². The van der Waals surface area contributed by atoms with E-state index in [0.717, 1.165) is 25.2 Å². The molecule has 2 aromatic carbocycles. The van der Waals surface area contributed by atoms with Crippen LogP contribution in [0.25, 0.3) is 0 Å². The molecule has 138 valence electrons. The van der Waals surface area contributed by atoms with Gasteiger partial charge in [0.1, 0.15) is 5.75 Å². The van der Waals surface area contributed by atoms with E-state index >= 15 is 0 Å². The van der Waals surface area contributed by atoms with Crippen LogP contribution in [0.15, 0.2) is 47.4 Å². The Balaban J connectivity index is 1.52. The van der Waals surface area contributed by atoms with Crippen LogP contribution >= 0.6 is 0 Å². The van der Waals surface area contributed by atoms with Crippen molar-refractivity contribution in [1.29, 1.82) is 0 Å². The lowest BCUT2D eigenvalue weighted by molar-refractivity contribution is -0.120. The Bertz CT molecular complexity index is 906. The SMILES string of the molecule is CCS(=O)(=O)c1cccc(CC(=O)NCCc2ccc3c(c2)CCO3)c1. The summed E-state index contributed by atoms with van der Waals surface area (Å²) in [6, 6.07) is 12.7. The summed E-state index contributed by atoms with van der Waals surface area (Å²) in [4.78, 5) is 12.4. The first-order valence-corrected chi connectivity index (χ1v) is 10.5. The molecule has 1 N–H and O–H groups in total. The fraction of sp³-hybridized carbons (Fsp3) is 0.350. The number of hydrogen-bond acceptors (Lipinski definition) is 4. The molecule has 26 heavy (non-hydrogen) atoms. The molecular formula is C20H23NO4S. The predicted octanol–water partition coefficient (Wildman–Crippen LogP) is 2.32. The summed E-state index contributed by atoms with van der Waals surface area (Å²) in [7, 11) is -3.26. The maximum Gasteiger partial charge on any atom is 0.224 e. The van der Waals surface area contributed by atoms with Gasteiger partial charge in [0.25, 0.3) is 0 Å². The maximum absolute atomic E-state index is 12.1. The van der Waals surface area contributed by atoms with Crippen LogP contribution in [0.5, 0.6) is 5.75 Å². The normalized spacial score (nSPS) is 13.1. The maximum atomic E-state index is 12.1. The van der Waals surface area contributed by atoms with Gasteiger partial charge in [-0.15, -0.1) is 0 Å². The lowest BCUT2D eigenvalue weighted by Crippen LogP contribution is -2.27. The van der Waals surface area contributed by atoms with Crippen molar-refractivity contribution in [2.75, 3.05) is 18.9 Å². The largest absolute Gasteiger partial charge is 0.493 e. The first kappa shape index (κ1) is 18.5. The molecule has 6 heteroatoms. The topological polar surface area (TPSA) is 72.5 Å². The fourth-order valence-corrected chi connectivity index (χ4v) is 3.96. The lowest BCUT2D eigenvalue weighted by atomic mass is 10.1. The quantitative estimate of drug-likeness (QED) is 0.808. The van der Waals surface area contributed by atoms with Crippen LogP contribution in [0.1, 0.15) is 23.6 Å². The van der Waals surface area contributed by atoms with Crippen LogP contribution in [0.2, 0.25) is 0 Å². The number of rotatable bonds is 7. The molecule has 0 unspecified atom stereocenters. The molecule has 0 radical (unpaired) electrons. The minimum Gasteiger partial charge on any atom is -0.493 e. The van der Waals surface area contributed by atoms with Gasteiger partial charge < -0.3 is 10.1 Å². The van der Waals surface area contributed by atoms with Gasteiger partial charge in [0.15, 0.2) is 9.84 Å². The average Bonchev–Trinajstić information content (AvgIpc) is 3.09. The van der Waals surface area contributed by atoms with Gasteiger partial charge in [-0.05, 0) is 41.3 Å². The zero-order valence-electron chi connectivity index (χ0n) is 14.8. The van der Waals surface area contributed by atoms with Crippen molar-refractivity contribution < 1.29 is 17.9 Å². The Kier molecular flexibility index (Phi) is 5.61. The van der Waals surface area contributed by atoms with Crippen LogP contribution in [0.3, 0.4) is 0 Å². The van der Waals surface area contributed by atoms with Gasteiger partial charge in [0.2, 0.25) is 5.91 Å². The molecule has 0 saturated heterocycles. The lowest BCUT2D eigenvalue weighted by Gasteiger charge is -2.08. The second-order valence-corrected chi connectivity index (χ2v) is 8.65. The number of carbonyl (C=O) groups is 1. The monoisotopic (exact) mass is 373 g/mol. The van der Waals surface area contributed by atoms with E-state index in [1.807, 2.05) is 12.1 Å². The van der Waals surface area contributed by atoms with Crippen molar-refractivity contribution in [3.8, 4) is 5.75 Å². The highest BCUT2D eigenvalue weighted by molar-refractivity contribution is 7.91. The van der Waals surface area contributed by atoms with Gasteiger partial charge in [0, 0.05) is 13.0 Å². The van der Waals surface area contributed by atoms with Gasteiger partial charge in [-0.3, -0.25) is 4.79 Å². The predicted molar refractivity (Wildman–Crippen MR) is 100 cm³/mol. The van der Waals surface area contributed by atoms with Gasteiger partial charge in [-0.2, -0.15) is 0 Å². The number of amides is 1. The highest BCUT2D eigenvalue weighted by atomic mass is 32.2. The molecule has 0 spiro atoms. The molecule has 0 fully saturated rings. The van der Waals surface area contributed by atoms with Crippen LogP contribution < -0.4 is 10.1 Å². The molecule has 0 bridgehead atoms. The number of carbonyl (C=O) groups excluding carboxylic acids is 1. The standard InChI is InChI=1S/C20H23NO4S/c1-2-26(23,24)18-5-3-4-16(13-18)14-20(22)21-10-8-15-6-7-19-17(12-15)9-11-25-19/h3-7,12-13H,2,8-11,14H2,1H3,(H,21,22). The highest BCUT2D eigenvalue weighted by Gasteiger charge is 2.14. The third-order valence-electron chi connectivity index (χ3n) is 4.49. The zero-order chi connectivity index (χ0) is 18.6.